The van der Waals surface area contributed by atoms with E-state index >= 15 is 0 Å². The molecular formula is C7H11NO3. The lowest BCUT2D eigenvalue weighted by atomic mass is 10.2. The van der Waals surface area contributed by atoms with Crippen LogP contribution in [0.2, 0.25) is 0 Å². The Bertz CT molecular complexity index is 190. The molecule has 0 aromatic rings. The Morgan fingerprint density at radius 3 is 2.82 bits per heavy atom. The van der Waals surface area contributed by atoms with E-state index in [1.807, 2.05) is 6.92 Å². The van der Waals surface area contributed by atoms with Gasteiger partial charge < -0.3 is 5.11 Å². The van der Waals surface area contributed by atoms with E-state index in [1.165, 1.54) is 0 Å². The lowest BCUT2D eigenvalue weighted by Crippen LogP contribution is -2.36. The molecule has 0 aromatic carbocycles. The minimum absolute atomic E-state index is 0.0833. The Morgan fingerprint density at radius 1 is 1.82 bits per heavy atom. The van der Waals surface area contributed by atoms with Gasteiger partial charge >= 0.3 is 6.09 Å². The number of hydrogen-bond acceptors (Lipinski definition) is 2. The van der Waals surface area contributed by atoms with Crippen molar-refractivity contribution < 1.29 is 14.7 Å². The van der Waals surface area contributed by atoms with E-state index < -0.39 is 6.09 Å². The number of carboxylic acid groups (broad SMARTS) is 1. The molecular weight excluding hydrogens is 146 g/mol. The van der Waals surface area contributed by atoms with E-state index in [1.54, 1.807) is 0 Å². The van der Waals surface area contributed by atoms with Crippen molar-refractivity contribution in [2.24, 2.45) is 0 Å². The van der Waals surface area contributed by atoms with E-state index in [-0.39, 0.29) is 11.9 Å². The van der Waals surface area contributed by atoms with Crippen LogP contribution in [0.5, 0.6) is 0 Å². The predicted molar refractivity (Wildman–Crippen MR) is 38.2 cm³/mol. The second-order valence-electron chi connectivity index (χ2n) is 2.65. The molecule has 1 unspecified atom stereocenters. The van der Waals surface area contributed by atoms with Gasteiger partial charge in [0.05, 0.1) is 0 Å². The van der Waals surface area contributed by atoms with E-state index in [0.717, 1.165) is 11.3 Å². The average Bonchev–Trinajstić information content (AvgIpc) is 2.30. The molecule has 0 saturated carbocycles. The van der Waals surface area contributed by atoms with Gasteiger partial charge in [-0.3, -0.25) is 4.79 Å². The van der Waals surface area contributed by atoms with Crippen molar-refractivity contribution in [1.82, 2.24) is 4.90 Å². The van der Waals surface area contributed by atoms with Crippen LogP contribution in [-0.2, 0) is 4.79 Å². The lowest BCUT2D eigenvalue weighted by molar-refractivity contribution is -0.126. The molecule has 1 rings (SSSR count). The van der Waals surface area contributed by atoms with E-state index in [0.29, 0.717) is 12.8 Å². The molecule has 11 heavy (non-hydrogen) atoms. The van der Waals surface area contributed by atoms with Gasteiger partial charge in [-0.15, -0.1) is 0 Å². The monoisotopic (exact) mass is 157 g/mol. The smallest absolute Gasteiger partial charge is 0.414 e. The molecule has 0 aromatic heterocycles. The van der Waals surface area contributed by atoms with Crippen LogP contribution in [0.15, 0.2) is 0 Å². The maximum absolute atomic E-state index is 10.9. The van der Waals surface area contributed by atoms with Gasteiger partial charge in [-0.25, -0.2) is 9.69 Å². The Balaban J connectivity index is 2.71. The number of imide groups is 1. The number of carbonyl (C=O) groups is 2. The first kappa shape index (κ1) is 8.04. The van der Waals surface area contributed by atoms with Crippen molar-refractivity contribution in [3.63, 3.8) is 0 Å². The van der Waals surface area contributed by atoms with Gasteiger partial charge in [0, 0.05) is 12.5 Å². The van der Waals surface area contributed by atoms with Crippen LogP contribution >= 0.6 is 0 Å². The topological polar surface area (TPSA) is 57.6 Å². The fraction of sp³-hybridized carbons (Fsp3) is 0.714. The number of amides is 2. The van der Waals surface area contributed by atoms with E-state index in [9.17, 15) is 9.59 Å². The maximum Gasteiger partial charge on any atom is 0.414 e. The predicted octanol–water partition coefficient (Wildman–Crippen LogP) is 1.07. The quantitative estimate of drug-likeness (QED) is 0.619. The highest BCUT2D eigenvalue weighted by Crippen LogP contribution is 2.20. The van der Waals surface area contributed by atoms with Gasteiger partial charge in [0.15, 0.2) is 0 Å². The largest absolute Gasteiger partial charge is 0.465 e. The van der Waals surface area contributed by atoms with Crippen LogP contribution in [0, 0.1) is 0 Å². The van der Waals surface area contributed by atoms with Crippen molar-refractivity contribution in [2.45, 2.75) is 32.2 Å². The summed E-state index contributed by atoms with van der Waals surface area (Å²) >= 11 is 0. The van der Waals surface area contributed by atoms with E-state index in [4.69, 9.17) is 5.11 Å². The summed E-state index contributed by atoms with van der Waals surface area (Å²) in [5, 5.41) is 8.59. The molecule has 4 nitrogen and oxygen atoms in total. The molecule has 1 aliphatic rings. The molecule has 4 heteroatoms. The van der Waals surface area contributed by atoms with Gasteiger partial charge in [0.2, 0.25) is 5.91 Å². The van der Waals surface area contributed by atoms with Crippen LogP contribution in [0.4, 0.5) is 4.79 Å². The Labute approximate surface area is 64.8 Å². The summed E-state index contributed by atoms with van der Waals surface area (Å²) in [6.07, 6.45) is 0.671. The van der Waals surface area contributed by atoms with Crippen LogP contribution in [-0.4, -0.2) is 28.0 Å². The fourth-order valence-electron chi connectivity index (χ4n) is 1.39. The number of hydrogen-bond donors (Lipinski definition) is 1. The molecule has 62 valence electrons. The number of nitrogens with zero attached hydrogens (tertiary/aromatic N) is 1. The molecule has 1 fully saturated rings. The highest BCUT2D eigenvalue weighted by Gasteiger charge is 2.34. The normalized spacial score (nSPS) is 24.3. The summed E-state index contributed by atoms with van der Waals surface area (Å²) in [5.41, 5.74) is 0. The molecule has 2 amide bonds. The zero-order chi connectivity index (χ0) is 8.43. The fourth-order valence-corrected chi connectivity index (χ4v) is 1.39. The molecule has 0 bridgehead atoms. The van der Waals surface area contributed by atoms with Crippen molar-refractivity contribution in [1.29, 1.82) is 0 Å². The molecule has 1 N–H and O–H groups in total. The first-order valence-electron chi connectivity index (χ1n) is 3.71. The second kappa shape index (κ2) is 2.90. The third-order valence-electron chi connectivity index (χ3n) is 2.00. The van der Waals surface area contributed by atoms with Crippen molar-refractivity contribution in [3.05, 3.63) is 0 Å². The van der Waals surface area contributed by atoms with Crippen molar-refractivity contribution in [2.75, 3.05) is 0 Å². The first-order valence-corrected chi connectivity index (χ1v) is 3.71. The van der Waals surface area contributed by atoms with Gasteiger partial charge in [0.1, 0.15) is 0 Å². The Morgan fingerprint density at radius 2 is 2.45 bits per heavy atom. The Kier molecular flexibility index (Phi) is 2.12. The lowest BCUT2D eigenvalue weighted by Gasteiger charge is -2.17. The number of rotatable bonds is 1. The Hall–Kier alpha value is -1.06. The summed E-state index contributed by atoms with van der Waals surface area (Å²) in [6.45, 7) is 1.89. The van der Waals surface area contributed by atoms with Gasteiger partial charge in [0.25, 0.3) is 0 Å². The minimum atomic E-state index is -1.11. The summed E-state index contributed by atoms with van der Waals surface area (Å²) in [4.78, 5) is 22.4. The van der Waals surface area contributed by atoms with Crippen LogP contribution in [0.1, 0.15) is 26.2 Å². The number of carbonyl (C=O) groups excluding carboxylic acids is 1. The maximum atomic E-state index is 10.9. The second-order valence-corrected chi connectivity index (χ2v) is 2.65. The average molecular weight is 157 g/mol. The summed E-state index contributed by atoms with van der Waals surface area (Å²) in [5.74, 6) is -0.260. The van der Waals surface area contributed by atoms with Gasteiger partial charge in [-0.2, -0.15) is 0 Å². The highest BCUT2D eigenvalue weighted by atomic mass is 16.4. The van der Waals surface area contributed by atoms with E-state index in [2.05, 4.69) is 0 Å². The molecule has 1 heterocycles. The highest BCUT2D eigenvalue weighted by molar-refractivity contribution is 5.93. The molecule has 0 spiro atoms. The molecule has 1 atom stereocenters. The third kappa shape index (κ3) is 1.34. The SMILES string of the molecule is CCC1CCC(=O)N1C(=O)O. The molecule has 0 radical (unpaired) electrons. The van der Waals surface area contributed by atoms with Crippen LogP contribution in [0.25, 0.3) is 0 Å². The molecule has 0 aliphatic carbocycles. The minimum Gasteiger partial charge on any atom is -0.465 e. The molecule has 1 aliphatic heterocycles. The van der Waals surface area contributed by atoms with Crippen molar-refractivity contribution in [3.8, 4) is 0 Å². The third-order valence-corrected chi connectivity index (χ3v) is 2.00. The summed E-state index contributed by atoms with van der Waals surface area (Å²) < 4.78 is 0. The van der Waals surface area contributed by atoms with Gasteiger partial charge in [-0.05, 0) is 12.8 Å². The number of likely N-dealkylation sites (tertiary alicyclic amines) is 1. The first-order chi connectivity index (χ1) is 5.16. The zero-order valence-corrected chi connectivity index (χ0v) is 6.41. The standard InChI is InChI=1S/C7H11NO3/c1-2-5-3-4-6(9)8(5)7(10)11/h5H,2-4H2,1H3,(H,10,11). The molecule has 1 saturated heterocycles. The van der Waals surface area contributed by atoms with Crippen molar-refractivity contribution >= 4 is 12.0 Å². The summed E-state index contributed by atoms with van der Waals surface area (Å²) in [7, 11) is 0. The van der Waals surface area contributed by atoms with Gasteiger partial charge in [-0.1, -0.05) is 6.92 Å². The van der Waals surface area contributed by atoms with Crippen LogP contribution in [0.3, 0.4) is 0 Å². The van der Waals surface area contributed by atoms with Crippen LogP contribution < -0.4 is 0 Å². The summed E-state index contributed by atoms with van der Waals surface area (Å²) in [6, 6.07) is -0.0833. The zero-order valence-electron chi connectivity index (χ0n) is 6.41.